The molecular formula is C36H48Cl2N6O2. The third-order valence-electron chi connectivity index (χ3n) is 9.85. The van der Waals surface area contributed by atoms with Crippen LogP contribution in [0.15, 0.2) is 64.8 Å². The van der Waals surface area contributed by atoms with Gasteiger partial charge >= 0.3 is 6.03 Å². The molecule has 0 bridgehead atoms. The Balaban J connectivity index is 1.69. The third kappa shape index (κ3) is 6.46. The number of pyridine rings is 1. The number of allylic oxidation sites excluding steroid dienone is 3. The van der Waals surface area contributed by atoms with Gasteiger partial charge in [-0.05, 0) is 70.5 Å². The molecule has 8 nitrogen and oxygen atoms in total. The van der Waals surface area contributed by atoms with Crippen molar-refractivity contribution in [2.24, 2.45) is 16.6 Å². The van der Waals surface area contributed by atoms with E-state index in [0.29, 0.717) is 59.9 Å². The van der Waals surface area contributed by atoms with Crippen LogP contribution in [0.2, 0.25) is 5.02 Å². The van der Waals surface area contributed by atoms with Crippen molar-refractivity contribution in [3.05, 3.63) is 81.6 Å². The van der Waals surface area contributed by atoms with Gasteiger partial charge in [-0.25, -0.2) is 4.79 Å². The average Bonchev–Trinajstić information content (AvgIpc) is 3.28. The SMILES string of the molecule is CCOc1cc(C(C)(C)C)ncc1C1=N[C@@](C)(C2C=CC(Cl)=CC2)[C@@](C)(c2ccc(Cl)cc2)N1C(=O)N1CCN(CCCN)CC1. The molecular weight excluding hydrogens is 619 g/mol. The number of nitrogens with two attached hydrogens (primary N) is 1. The van der Waals surface area contributed by atoms with Crippen molar-refractivity contribution in [1.82, 2.24) is 19.7 Å². The van der Waals surface area contributed by atoms with E-state index in [2.05, 4.69) is 45.6 Å². The number of carbonyl (C=O) groups excluding carboxylic acids is 1. The largest absolute Gasteiger partial charge is 0.493 e. The number of urea groups is 1. The Kier molecular flexibility index (Phi) is 10.2. The van der Waals surface area contributed by atoms with Crippen LogP contribution in [-0.2, 0) is 11.0 Å². The Morgan fingerprint density at radius 2 is 1.80 bits per heavy atom. The minimum absolute atomic E-state index is 0.0473. The molecule has 248 valence electrons. The van der Waals surface area contributed by atoms with Gasteiger partial charge < -0.3 is 15.4 Å². The lowest BCUT2D eigenvalue weighted by molar-refractivity contribution is 0.0753. The van der Waals surface area contributed by atoms with Gasteiger partial charge in [-0.3, -0.25) is 19.8 Å². The Bertz CT molecular complexity index is 1510. The van der Waals surface area contributed by atoms with E-state index in [0.717, 1.165) is 37.3 Å². The summed E-state index contributed by atoms with van der Waals surface area (Å²) in [6.45, 7) is 17.5. The molecule has 0 radical (unpaired) electrons. The van der Waals surface area contributed by atoms with Gasteiger partial charge in [0.15, 0.2) is 0 Å². The molecule has 0 saturated carbocycles. The molecule has 1 aliphatic carbocycles. The first kappa shape index (κ1) is 34.4. The molecule has 10 heteroatoms. The van der Waals surface area contributed by atoms with Crippen LogP contribution in [0.25, 0.3) is 0 Å². The van der Waals surface area contributed by atoms with Crippen LogP contribution < -0.4 is 10.5 Å². The molecule has 1 aromatic heterocycles. The number of ether oxygens (including phenoxy) is 1. The number of halogens is 2. The summed E-state index contributed by atoms with van der Waals surface area (Å²) in [5.74, 6) is 1.17. The summed E-state index contributed by atoms with van der Waals surface area (Å²) < 4.78 is 6.28. The number of aromatic nitrogens is 1. The van der Waals surface area contributed by atoms with Crippen LogP contribution in [-0.4, -0.2) is 83.0 Å². The van der Waals surface area contributed by atoms with Gasteiger partial charge in [0.25, 0.3) is 0 Å². The molecule has 2 N–H and O–H groups in total. The summed E-state index contributed by atoms with van der Waals surface area (Å²) in [6.07, 6.45) is 9.56. The van der Waals surface area contributed by atoms with E-state index < -0.39 is 11.1 Å². The molecule has 3 heterocycles. The first-order chi connectivity index (χ1) is 21.8. The summed E-state index contributed by atoms with van der Waals surface area (Å²) in [7, 11) is 0. The number of amidine groups is 1. The number of hydrogen-bond acceptors (Lipinski definition) is 6. The summed E-state index contributed by atoms with van der Waals surface area (Å²) in [6, 6.07) is 9.72. The molecule has 2 aromatic rings. The highest BCUT2D eigenvalue weighted by Gasteiger charge is 2.62. The smallest absolute Gasteiger partial charge is 0.326 e. The van der Waals surface area contributed by atoms with Crippen LogP contribution in [0, 0.1) is 5.92 Å². The lowest BCUT2D eigenvalue weighted by atomic mass is 9.66. The maximum absolute atomic E-state index is 15.1. The fourth-order valence-electron chi connectivity index (χ4n) is 6.84. The van der Waals surface area contributed by atoms with Gasteiger partial charge in [-0.2, -0.15) is 0 Å². The molecule has 5 rings (SSSR count). The third-order valence-corrected chi connectivity index (χ3v) is 10.4. The number of nitrogens with zero attached hydrogens (tertiary/aromatic N) is 5. The quantitative estimate of drug-likeness (QED) is 0.329. The number of carbonyl (C=O) groups is 1. The predicted octanol–water partition coefficient (Wildman–Crippen LogP) is 6.95. The highest BCUT2D eigenvalue weighted by atomic mass is 35.5. The van der Waals surface area contributed by atoms with Crippen LogP contribution in [0.3, 0.4) is 0 Å². The summed E-state index contributed by atoms with van der Waals surface area (Å²) in [5, 5.41) is 1.34. The summed E-state index contributed by atoms with van der Waals surface area (Å²) >= 11 is 12.8. The first-order valence-electron chi connectivity index (χ1n) is 16.4. The van der Waals surface area contributed by atoms with Crippen molar-refractivity contribution in [1.29, 1.82) is 0 Å². The minimum atomic E-state index is -0.903. The van der Waals surface area contributed by atoms with Crippen molar-refractivity contribution in [2.75, 3.05) is 45.9 Å². The predicted molar refractivity (Wildman–Crippen MR) is 188 cm³/mol. The molecule has 46 heavy (non-hydrogen) atoms. The topological polar surface area (TPSA) is 87.3 Å². The maximum Gasteiger partial charge on any atom is 0.326 e. The van der Waals surface area contributed by atoms with Crippen molar-refractivity contribution in [3.63, 3.8) is 0 Å². The fourth-order valence-corrected chi connectivity index (χ4v) is 7.13. The Labute approximate surface area is 284 Å². The van der Waals surface area contributed by atoms with E-state index in [1.165, 1.54) is 0 Å². The van der Waals surface area contributed by atoms with Crippen molar-refractivity contribution >= 4 is 35.1 Å². The van der Waals surface area contributed by atoms with Crippen LogP contribution in [0.5, 0.6) is 5.75 Å². The van der Waals surface area contributed by atoms with E-state index in [1.807, 2.05) is 65.4 Å². The second kappa shape index (κ2) is 13.7. The first-order valence-corrected chi connectivity index (χ1v) is 17.1. The number of piperazine rings is 1. The van der Waals surface area contributed by atoms with Gasteiger partial charge in [-0.1, -0.05) is 68.3 Å². The Hall–Kier alpha value is -2.91. The van der Waals surface area contributed by atoms with Gasteiger partial charge in [0.1, 0.15) is 11.6 Å². The molecule has 1 aromatic carbocycles. The van der Waals surface area contributed by atoms with Crippen LogP contribution in [0.1, 0.15) is 71.2 Å². The molecule has 2 amide bonds. The fraction of sp³-hybridized carbons (Fsp3) is 0.528. The highest BCUT2D eigenvalue weighted by Crippen LogP contribution is 2.54. The number of rotatable bonds is 8. The monoisotopic (exact) mass is 666 g/mol. The zero-order chi connectivity index (χ0) is 33.3. The zero-order valence-electron chi connectivity index (χ0n) is 28.0. The van der Waals surface area contributed by atoms with Crippen molar-refractivity contribution in [3.8, 4) is 5.75 Å². The van der Waals surface area contributed by atoms with Gasteiger partial charge in [-0.15, -0.1) is 0 Å². The maximum atomic E-state index is 15.1. The van der Waals surface area contributed by atoms with Gasteiger partial charge in [0.05, 0.1) is 23.2 Å². The van der Waals surface area contributed by atoms with E-state index >= 15 is 4.79 Å². The molecule has 0 spiro atoms. The van der Waals surface area contributed by atoms with Crippen LogP contribution in [0.4, 0.5) is 4.79 Å². The highest BCUT2D eigenvalue weighted by molar-refractivity contribution is 6.31. The summed E-state index contributed by atoms with van der Waals surface area (Å²) in [4.78, 5) is 31.8. The molecule has 1 unspecified atom stereocenters. The molecule has 2 aliphatic heterocycles. The Morgan fingerprint density at radius 1 is 1.11 bits per heavy atom. The lowest BCUT2D eigenvalue weighted by Crippen LogP contribution is -2.62. The normalized spacial score (nSPS) is 25.5. The molecule has 1 fully saturated rings. The molecule has 1 saturated heterocycles. The average molecular weight is 668 g/mol. The summed E-state index contributed by atoms with van der Waals surface area (Å²) in [5.41, 5.74) is 6.45. The van der Waals surface area contributed by atoms with Crippen LogP contribution >= 0.6 is 23.2 Å². The van der Waals surface area contributed by atoms with E-state index in [1.54, 1.807) is 0 Å². The van der Waals surface area contributed by atoms with E-state index in [9.17, 15) is 0 Å². The molecule has 3 aliphatic rings. The second-order valence-electron chi connectivity index (χ2n) is 13.8. The standard InChI is InChI=1S/C36H48Cl2N6O2/c1-7-46-30-23-31(34(2,3)4)40-24-29(30)32-41-35(5,25-9-13-27(37)14-10-25)36(6,26-11-15-28(38)16-12-26)44(32)33(45)43-21-19-42(20-22-43)18-8-17-39/h9,11-16,23-25H,7-8,10,17-22,39H2,1-6H3/t25?,35-,36+/m0/s1. The van der Waals surface area contributed by atoms with Crippen molar-refractivity contribution in [2.45, 2.75) is 70.9 Å². The second-order valence-corrected chi connectivity index (χ2v) is 14.7. The van der Waals surface area contributed by atoms with Gasteiger partial charge in [0.2, 0.25) is 0 Å². The zero-order valence-corrected chi connectivity index (χ0v) is 29.5. The van der Waals surface area contributed by atoms with E-state index in [4.69, 9.17) is 43.6 Å². The molecule has 3 atom stereocenters. The number of amides is 2. The van der Waals surface area contributed by atoms with E-state index in [-0.39, 0.29) is 17.4 Å². The number of benzene rings is 1. The number of hydrogen-bond donors (Lipinski definition) is 1. The lowest BCUT2D eigenvalue weighted by Gasteiger charge is -2.49. The number of aliphatic imine (C=N–C) groups is 1. The minimum Gasteiger partial charge on any atom is -0.493 e. The van der Waals surface area contributed by atoms with Gasteiger partial charge in [0, 0.05) is 65.5 Å². The Morgan fingerprint density at radius 3 is 2.39 bits per heavy atom. The van der Waals surface area contributed by atoms with Crippen molar-refractivity contribution < 1.29 is 9.53 Å².